The molecular formula is C14H17N3. The third kappa shape index (κ3) is 1.62. The second kappa shape index (κ2) is 4.08. The molecule has 3 heteroatoms. The first-order chi connectivity index (χ1) is 8.36. The van der Waals surface area contributed by atoms with Crippen LogP contribution in [0.2, 0.25) is 0 Å². The highest BCUT2D eigenvalue weighted by Gasteiger charge is 2.35. The normalized spacial score (nSPS) is 18.6. The Kier molecular flexibility index (Phi) is 2.56. The number of aromatic nitrogens is 2. The largest absolute Gasteiger partial charge is 0.330 e. The van der Waals surface area contributed by atoms with Crippen LogP contribution in [0.15, 0.2) is 30.9 Å². The van der Waals surface area contributed by atoms with E-state index in [1.54, 1.807) is 0 Å². The first kappa shape index (κ1) is 10.7. The van der Waals surface area contributed by atoms with Crippen molar-refractivity contribution in [1.29, 1.82) is 0 Å². The summed E-state index contributed by atoms with van der Waals surface area (Å²) >= 11 is 0. The average molecular weight is 227 g/mol. The summed E-state index contributed by atoms with van der Waals surface area (Å²) in [5, 5.41) is 2.38. The number of rotatable bonds is 2. The van der Waals surface area contributed by atoms with E-state index >= 15 is 0 Å². The molecule has 1 aliphatic rings. The smallest absolute Gasteiger partial charge is 0.0350 e. The van der Waals surface area contributed by atoms with Crippen LogP contribution in [0.4, 0.5) is 0 Å². The van der Waals surface area contributed by atoms with Gasteiger partial charge in [-0.05, 0) is 24.5 Å². The maximum Gasteiger partial charge on any atom is 0.0350 e. The van der Waals surface area contributed by atoms with E-state index < -0.39 is 0 Å². The van der Waals surface area contributed by atoms with Gasteiger partial charge in [-0.25, -0.2) is 0 Å². The van der Waals surface area contributed by atoms with Gasteiger partial charge in [0.2, 0.25) is 0 Å². The van der Waals surface area contributed by atoms with E-state index in [9.17, 15) is 0 Å². The third-order valence-corrected chi connectivity index (χ3v) is 4.08. The summed E-state index contributed by atoms with van der Waals surface area (Å²) in [4.78, 5) is 8.61. The number of nitrogens with two attached hydrogens (primary N) is 1. The summed E-state index contributed by atoms with van der Waals surface area (Å²) in [6.07, 6.45) is 12.6. The van der Waals surface area contributed by atoms with Crippen LogP contribution >= 0.6 is 0 Å². The Bertz CT molecular complexity index is 524. The average Bonchev–Trinajstić information content (AvgIpc) is 2.88. The van der Waals surface area contributed by atoms with E-state index in [0.717, 1.165) is 5.39 Å². The quantitative estimate of drug-likeness (QED) is 0.857. The van der Waals surface area contributed by atoms with Crippen LogP contribution in [0.25, 0.3) is 10.8 Å². The lowest BCUT2D eigenvalue weighted by Gasteiger charge is -2.28. The minimum absolute atomic E-state index is 0.134. The van der Waals surface area contributed by atoms with Crippen LogP contribution < -0.4 is 5.73 Å². The van der Waals surface area contributed by atoms with Crippen LogP contribution in [-0.4, -0.2) is 16.5 Å². The van der Waals surface area contributed by atoms with Crippen molar-refractivity contribution in [1.82, 2.24) is 9.97 Å². The lowest BCUT2D eigenvalue weighted by molar-refractivity contribution is 0.455. The minimum atomic E-state index is 0.134. The van der Waals surface area contributed by atoms with Crippen molar-refractivity contribution in [3.63, 3.8) is 0 Å². The van der Waals surface area contributed by atoms with E-state index in [-0.39, 0.29) is 5.41 Å². The second-order valence-corrected chi connectivity index (χ2v) is 4.98. The molecule has 2 aromatic heterocycles. The number of fused-ring (bicyclic) bond motifs is 1. The summed E-state index contributed by atoms with van der Waals surface area (Å²) in [6.45, 7) is 0.711. The maximum atomic E-state index is 6.04. The van der Waals surface area contributed by atoms with E-state index in [4.69, 9.17) is 5.73 Å². The fourth-order valence-corrected chi connectivity index (χ4v) is 3.06. The van der Waals surface area contributed by atoms with Crippen molar-refractivity contribution >= 4 is 10.8 Å². The Labute approximate surface area is 101 Å². The van der Waals surface area contributed by atoms with Crippen LogP contribution in [0, 0.1) is 0 Å². The van der Waals surface area contributed by atoms with Gasteiger partial charge in [0.1, 0.15) is 0 Å². The number of hydrogen-bond acceptors (Lipinski definition) is 3. The molecule has 1 aliphatic carbocycles. The molecule has 1 fully saturated rings. The Morgan fingerprint density at radius 1 is 1.12 bits per heavy atom. The molecule has 0 saturated heterocycles. The van der Waals surface area contributed by atoms with E-state index in [1.165, 1.54) is 36.6 Å². The molecule has 0 radical (unpaired) electrons. The summed E-state index contributed by atoms with van der Waals surface area (Å²) in [5.41, 5.74) is 7.47. The molecule has 0 bridgehead atoms. The predicted molar refractivity (Wildman–Crippen MR) is 68.7 cm³/mol. The minimum Gasteiger partial charge on any atom is -0.330 e. The van der Waals surface area contributed by atoms with Crippen LogP contribution in [0.1, 0.15) is 31.2 Å². The summed E-state index contributed by atoms with van der Waals surface area (Å²) in [5.74, 6) is 0. The zero-order chi connectivity index (χ0) is 11.7. The molecule has 0 aromatic carbocycles. The highest BCUT2D eigenvalue weighted by atomic mass is 14.7. The fourth-order valence-electron chi connectivity index (χ4n) is 3.06. The zero-order valence-corrected chi connectivity index (χ0v) is 9.89. The molecule has 0 unspecified atom stereocenters. The van der Waals surface area contributed by atoms with Gasteiger partial charge in [-0.3, -0.25) is 9.97 Å². The molecule has 3 nitrogen and oxygen atoms in total. The number of nitrogens with zero attached hydrogens (tertiary/aromatic N) is 2. The van der Waals surface area contributed by atoms with Crippen molar-refractivity contribution in [3.8, 4) is 0 Å². The van der Waals surface area contributed by atoms with E-state index in [1.807, 2.05) is 30.9 Å². The molecule has 0 aliphatic heterocycles. The monoisotopic (exact) mass is 227 g/mol. The topological polar surface area (TPSA) is 51.8 Å². The Hall–Kier alpha value is -1.48. The standard InChI is InChI=1S/C14H17N3/c15-10-14(4-1-2-5-14)13-9-17-7-11-3-6-16-8-12(11)13/h3,6-9H,1-2,4-5,10,15H2. The van der Waals surface area contributed by atoms with Gasteiger partial charge in [0.15, 0.2) is 0 Å². The van der Waals surface area contributed by atoms with Gasteiger partial charge in [-0.2, -0.15) is 0 Å². The molecule has 2 heterocycles. The number of hydrogen-bond donors (Lipinski definition) is 1. The van der Waals surface area contributed by atoms with Crippen molar-refractivity contribution in [2.75, 3.05) is 6.54 Å². The van der Waals surface area contributed by atoms with E-state index in [0.29, 0.717) is 6.54 Å². The van der Waals surface area contributed by atoms with Crippen molar-refractivity contribution in [3.05, 3.63) is 36.4 Å². The molecule has 1 saturated carbocycles. The van der Waals surface area contributed by atoms with Gasteiger partial charge in [0.25, 0.3) is 0 Å². The van der Waals surface area contributed by atoms with E-state index in [2.05, 4.69) is 9.97 Å². The SMILES string of the molecule is NCC1(c2cncc3ccncc23)CCCC1. The van der Waals surface area contributed by atoms with Crippen molar-refractivity contribution in [2.45, 2.75) is 31.1 Å². The van der Waals surface area contributed by atoms with Crippen LogP contribution in [0.5, 0.6) is 0 Å². The Morgan fingerprint density at radius 2 is 1.94 bits per heavy atom. The molecule has 2 N–H and O–H groups in total. The van der Waals surface area contributed by atoms with Crippen LogP contribution in [0.3, 0.4) is 0 Å². The molecular weight excluding hydrogens is 210 g/mol. The highest BCUT2D eigenvalue weighted by molar-refractivity contribution is 5.84. The molecule has 3 rings (SSSR count). The van der Waals surface area contributed by atoms with Gasteiger partial charge in [0.05, 0.1) is 0 Å². The van der Waals surface area contributed by atoms with Gasteiger partial charge >= 0.3 is 0 Å². The molecule has 0 spiro atoms. The Morgan fingerprint density at radius 3 is 2.71 bits per heavy atom. The second-order valence-electron chi connectivity index (χ2n) is 4.98. The Balaban J connectivity index is 2.22. The molecule has 0 amide bonds. The zero-order valence-electron chi connectivity index (χ0n) is 9.89. The summed E-state index contributed by atoms with van der Waals surface area (Å²) in [7, 11) is 0. The lowest BCUT2D eigenvalue weighted by Crippen LogP contribution is -2.32. The molecule has 0 atom stereocenters. The third-order valence-electron chi connectivity index (χ3n) is 4.08. The summed E-state index contributed by atoms with van der Waals surface area (Å²) < 4.78 is 0. The van der Waals surface area contributed by atoms with Crippen LogP contribution in [-0.2, 0) is 5.41 Å². The fraction of sp³-hybridized carbons (Fsp3) is 0.429. The first-order valence-electron chi connectivity index (χ1n) is 6.24. The maximum absolute atomic E-state index is 6.04. The molecule has 88 valence electrons. The molecule has 17 heavy (non-hydrogen) atoms. The first-order valence-corrected chi connectivity index (χ1v) is 6.24. The number of pyridine rings is 2. The van der Waals surface area contributed by atoms with Gasteiger partial charge in [-0.15, -0.1) is 0 Å². The lowest BCUT2D eigenvalue weighted by atomic mass is 9.78. The van der Waals surface area contributed by atoms with Crippen molar-refractivity contribution in [2.24, 2.45) is 5.73 Å². The van der Waals surface area contributed by atoms with Gasteiger partial charge in [0, 0.05) is 47.5 Å². The molecule has 2 aromatic rings. The van der Waals surface area contributed by atoms with Gasteiger partial charge in [-0.1, -0.05) is 12.8 Å². The van der Waals surface area contributed by atoms with Crippen molar-refractivity contribution < 1.29 is 0 Å². The van der Waals surface area contributed by atoms with Gasteiger partial charge < -0.3 is 5.73 Å². The predicted octanol–water partition coefficient (Wildman–Crippen LogP) is 2.40. The summed E-state index contributed by atoms with van der Waals surface area (Å²) in [6, 6.07) is 2.02. The highest BCUT2D eigenvalue weighted by Crippen LogP contribution is 2.42.